The van der Waals surface area contributed by atoms with Gasteiger partial charge in [0, 0.05) is 12.8 Å². The molecule has 1 aliphatic heterocycles. The fraction of sp³-hybridized carbons (Fsp3) is 0.571. The van der Waals surface area contributed by atoms with Gasteiger partial charge in [0.2, 0.25) is 10.0 Å². The molecule has 0 radical (unpaired) electrons. The Balaban J connectivity index is 2.15. The number of hydrogen-bond acceptors (Lipinski definition) is 5. The molecule has 0 bridgehead atoms. The molecule has 0 saturated carbocycles. The molecule has 118 valence electrons. The number of benzene rings is 1. The minimum atomic E-state index is -3.49. The third-order valence-corrected chi connectivity index (χ3v) is 4.92. The Morgan fingerprint density at radius 3 is 2.43 bits per heavy atom. The van der Waals surface area contributed by atoms with Crippen molar-refractivity contribution in [2.24, 2.45) is 0 Å². The highest BCUT2D eigenvalue weighted by atomic mass is 32.2. The molecule has 7 heteroatoms. The molecule has 0 amide bonds. The number of anilines is 1. The highest BCUT2D eigenvalue weighted by Crippen LogP contribution is 2.29. The second-order valence-corrected chi connectivity index (χ2v) is 7.26. The molecule has 3 N–H and O–H groups in total. The zero-order chi connectivity index (χ0) is 15.6. The van der Waals surface area contributed by atoms with Crippen LogP contribution in [0.2, 0.25) is 0 Å². The number of nitrogen functional groups attached to an aromatic ring is 1. The molecule has 1 fully saturated rings. The van der Waals surface area contributed by atoms with Crippen molar-refractivity contribution in [1.82, 2.24) is 4.72 Å². The van der Waals surface area contributed by atoms with Crippen LogP contribution in [-0.2, 0) is 14.8 Å². The summed E-state index contributed by atoms with van der Waals surface area (Å²) in [6.07, 6.45) is 1.89. The average molecular weight is 314 g/mol. The molecule has 2 unspecified atom stereocenters. The number of hydrogen-bond donors (Lipinski definition) is 2. The van der Waals surface area contributed by atoms with Gasteiger partial charge in [-0.1, -0.05) is 0 Å². The van der Waals surface area contributed by atoms with Crippen molar-refractivity contribution in [2.45, 2.75) is 49.9 Å². The summed E-state index contributed by atoms with van der Waals surface area (Å²) >= 11 is 0. The lowest BCUT2D eigenvalue weighted by Gasteiger charge is -2.32. The predicted molar refractivity (Wildman–Crippen MR) is 80.8 cm³/mol. The summed E-state index contributed by atoms with van der Waals surface area (Å²) in [7, 11) is -2.13. The maximum absolute atomic E-state index is 11.7. The fourth-order valence-electron chi connectivity index (χ4n) is 2.54. The van der Waals surface area contributed by atoms with Gasteiger partial charge in [-0.15, -0.1) is 0 Å². The fourth-order valence-corrected chi connectivity index (χ4v) is 3.30. The third kappa shape index (κ3) is 3.87. The van der Waals surface area contributed by atoms with Crippen molar-refractivity contribution >= 4 is 15.7 Å². The first kappa shape index (κ1) is 16.1. The van der Waals surface area contributed by atoms with E-state index in [0.29, 0.717) is 11.4 Å². The third-order valence-electron chi connectivity index (χ3n) is 3.51. The van der Waals surface area contributed by atoms with Crippen LogP contribution in [0.4, 0.5) is 5.69 Å². The lowest BCUT2D eigenvalue weighted by Crippen LogP contribution is -2.35. The zero-order valence-electron chi connectivity index (χ0n) is 12.5. The van der Waals surface area contributed by atoms with E-state index in [4.69, 9.17) is 15.2 Å². The molecule has 1 heterocycles. The van der Waals surface area contributed by atoms with E-state index < -0.39 is 10.0 Å². The average Bonchev–Trinajstić information content (AvgIpc) is 2.40. The second kappa shape index (κ2) is 6.21. The normalized spacial score (nSPS) is 26.5. The van der Waals surface area contributed by atoms with Crippen molar-refractivity contribution in [3.05, 3.63) is 18.2 Å². The Kier molecular flexibility index (Phi) is 4.75. The standard InChI is InChI=1S/C14H22N2O4S/c1-9-6-11(7-10(2)19-9)20-14-5-4-12(8-13(14)15)21(17,18)16-3/h4-5,8-11,16H,6-7,15H2,1-3H3. The monoisotopic (exact) mass is 314 g/mol. The van der Waals surface area contributed by atoms with Gasteiger partial charge >= 0.3 is 0 Å². The minimum absolute atomic E-state index is 0.0257. The second-order valence-electron chi connectivity index (χ2n) is 5.38. The van der Waals surface area contributed by atoms with E-state index in [1.807, 2.05) is 13.8 Å². The maximum atomic E-state index is 11.7. The summed E-state index contributed by atoms with van der Waals surface area (Å²) in [5, 5.41) is 0. The van der Waals surface area contributed by atoms with E-state index in [0.717, 1.165) is 12.8 Å². The molecule has 0 aliphatic carbocycles. The number of nitrogens with one attached hydrogen (secondary N) is 1. The van der Waals surface area contributed by atoms with Crippen LogP contribution in [0, 0.1) is 0 Å². The first-order chi connectivity index (χ1) is 9.81. The predicted octanol–water partition coefficient (Wildman–Crippen LogP) is 1.51. The van der Waals surface area contributed by atoms with Crippen LogP contribution in [0.5, 0.6) is 5.75 Å². The van der Waals surface area contributed by atoms with E-state index in [1.54, 1.807) is 6.07 Å². The lowest BCUT2D eigenvalue weighted by molar-refractivity contribution is -0.0720. The zero-order valence-corrected chi connectivity index (χ0v) is 13.3. The van der Waals surface area contributed by atoms with Gasteiger partial charge < -0.3 is 15.2 Å². The molecule has 2 rings (SSSR count). The highest BCUT2D eigenvalue weighted by Gasteiger charge is 2.26. The molecular formula is C14H22N2O4S. The Bertz CT molecular complexity index is 593. The van der Waals surface area contributed by atoms with Crippen molar-refractivity contribution in [2.75, 3.05) is 12.8 Å². The number of nitrogens with two attached hydrogens (primary N) is 1. The molecule has 1 aromatic rings. The van der Waals surface area contributed by atoms with Gasteiger partial charge in [-0.25, -0.2) is 13.1 Å². The van der Waals surface area contributed by atoms with Crippen molar-refractivity contribution in [3.63, 3.8) is 0 Å². The first-order valence-electron chi connectivity index (χ1n) is 6.97. The quantitative estimate of drug-likeness (QED) is 0.822. The molecule has 21 heavy (non-hydrogen) atoms. The number of rotatable bonds is 4. The van der Waals surface area contributed by atoms with Crippen LogP contribution in [0.1, 0.15) is 26.7 Å². The van der Waals surface area contributed by atoms with Crippen LogP contribution in [-0.4, -0.2) is 33.8 Å². The van der Waals surface area contributed by atoms with Crippen LogP contribution in [0.25, 0.3) is 0 Å². The van der Waals surface area contributed by atoms with Crippen molar-refractivity contribution in [3.8, 4) is 5.75 Å². The van der Waals surface area contributed by atoms with Gasteiger partial charge in [0.1, 0.15) is 11.9 Å². The smallest absolute Gasteiger partial charge is 0.240 e. The molecule has 2 atom stereocenters. The van der Waals surface area contributed by atoms with Crippen molar-refractivity contribution in [1.29, 1.82) is 0 Å². The Labute approximate surface area is 125 Å². The van der Waals surface area contributed by atoms with E-state index in [2.05, 4.69) is 4.72 Å². The van der Waals surface area contributed by atoms with E-state index in [1.165, 1.54) is 19.2 Å². The number of sulfonamides is 1. The molecule has 0 aromatic heterocycles. The summed E-state index contributed by atoms with van der Waals surface area (Å²) in [6.45, 7) is 4.02. The van der Waals surface area contributed by atoms with Crippen molar-refractivity contribution < 1.29 is 17.9 Å². The summed E-state index contributed by atoms with van der Waals surface area (Å²) < 4.78 is 37.3. The van der Waals surface area contributed by atoms with E-state index in [9.17, 15) is 8.42 Å². The van der Waals surface area contributed by atoms with Crippen LogP contribution in [0.3, 0.4) is 0 Å². The molecule has 6 nitrogen and oxygen atoms in total. The first-order valence-corrected chi connectivity index (χ1v) is 8.45. The van der Waals surface area contributed by atoms with Gasteiger partial charge in [-0.2, -0.15) is 0 Å². The number of ether oxygens (including phenoxy) is 2. The van der Waals surface area contributed by atoms with E-state index >= 15 is 0 Å². The van der Waals surface area contributed by atoms with Gasteiger partial charge in [0.15, 0.2) is 0 Å². The largest absolute Gasteiger partial charge is 0.488 e. The Morgan fingerprint density at radius 1 is 1.29 bits per heavy atom. The van der Waals surface area contributed by atoms with E-state index in [-0.39, 0.29) is 23.2 Å². The van der Waals surface area contributed by atoms with Crippen LogP contribution in [0.15, 0.2) is 23.1 Å². The summed E-state index contributed by atoms with van der Waals surface area (Å²) in [5.74, 6) is 0.511. The maximum Gasteiger partial charge on any atom is 0.240 e. The molecular weight excluding hydrogens is 292 g/mol. The summed E-state index contributed by atoms with van der Waals surface area (Å²) in [4.78, 5) is 0.128. The molecule has 1 aromatic carbocycles. The van der Waals surface area contributed by atoms with Crippen LogP contribution < -0.4 is 15.2 Å². The van der Waals surface area contributed by atoms with Gasteiger partial charge in [0.25, 0.3) is 0 Å². The molecule has 1 aliphatic rings. The topological polar surface area (TPSA) is 90.7 Å². The lowest BCUT2D eigenvalue weighted by atomic mass is 10.0. The molecule has 0 spiro atoms. The van der Waals surface area contributed by atoms with Crippen LogP contribution >= 0.6 is 0 Å². The summed E-state index contributed by atoms with van der Waals surface area (Å²) in [6, 6.07) is 4.50. The Morgan fingerprint density at radius 2 is 1.90 bits per heavy atom. The highest BCUT2D eigenvalue weighted by molar-refractivity contribution is 7.89. The van der Waals surface area contributed by atoms with Gasteiger partial charge in [-0.05, 0) is 39.1 Å². The van der Waals surface area contributed by atoms with Gasteiger partial charge in [0.05, 0.1) is 22.8 Å². The Hall–Kier alpha value is -1.31. The van der Waals surface area contributed by atoms with Gasteiger partial charge in [-0.3, -0.25) is 0 Å². The summed E-state index contributed by atoms with van der Waals surface area (Å²) in [5.41, 5.74) is 6.23. The molecule has 1 saturated heterocycles. The SMILES string of the molecule is CNS(=O)(=O)c1ccc(OC2CC(C)OC(C)C2)c(N)c1. The minimum Gasteiger partial charge on any atom is -0.488 e.